The van der Waals surface area contributed by atoms with Gasteiger partial charge in [-0.2, -0.15) is 4.98 Å². The molecule has 3 saturated heterocycles. The highest BCUT2D eigenvalue weighted by atomic mass is 16.8. The highest BCUT2D eigenvalue weighted by molar-refractivity contribution is 6.03. The highest BCUT2D eigenvalue weighted by Crippen LogP contribution is 2.44. The molecule has 1 amide bonds. The number of carbonyl (C=O) groups excluding carboxylic acids is 2. The Morgan fingerprint density at radius 2 is 1.49 bits per heavy atom. The largest absolute Gasteiger partial charge is 0.451 e. The van der Waals surface area contributed by atoms with Crippen molar-refractivity contribution in [2.45, 2.75) is 76.0 Å². The zero-order valence-electron chi connectivity index (χ0n) is 24.2. The van der Waals surface area contributed by atoms with Crippen molar-refractivity contribution in [2.75, 3.05) is 11.9 Å². The smallest absolute Gasteiger partial charge is 0.351 e. The van der Waals surface area contributed by atoms with Crippen LogP contribution in [-0.4, -0.2) is 70.1 Å². The van der Waals surface area contributed by atoms with Crippen molar-refractivity contribution < 1.29 is 38.0 Å². The molecule has 0 aliphatic carbocycles. The minimum absolute atomic E-state index is 0.0463. The van der Waals surface area contributed by atoms with Crippen LogP contribution in [0.2, 0.25) is 0 Å². The monoisotopic (exact) mass is 591 g/mol. The molecule has 3 fully saturated rings. The average molecular weight is 592 g/mol. The summed E-state index contributed by atoms with van der Waals surface area (Å²) in [6.07, 6.45) is -3.95. The van der Waals surface area contributed by atoms with Crippen molar-refractivity contribution in [3.63, 3.8) is 0 Å². The van der Waals surface area contributed by atoms with E-state index in [0.29, 0.717) is 11.1 Å². The van der Waals surface area contributed by atoms with Gasteiger partial charge in [-0.15, -0.1) is 0 Å². The van der Waals surface area contributed by atoms with Crippen LogP contribution in [0.4, 0.5) is 5.82 Å². The van der Waals surface area contributed by atoms with Gasteiger partial charge in [0.25, 0.3) is 5.91 Å². The molecule has 226 valence electrons. The topological polar surface area (TPSA) is 136 Å². The Bertz CT molecular complexity index is 1540. The molecule has 43 heavy (non-hydrogen) atoms. The third kappa shape index (κ3) is 6.10. The number of nitrogens with one attached hydrogen (secondary N) is 1. The molecule has 12 nitrogen and oxygen atoms in total. The predicted molar refractivity (Wildman–Crippen MR) is 151 cm³/mol. The minimum Gasteiger partial charge on any atom is -0.451 e. The van der Waals surface area contributed by atoms with Crippen molar-refractivity contribution in [3.8, 4) is 0 Å². The standard InChI is InChI=1S/C31H33N3O9/c1-30(2)38-17-20-22(41-30)23-24(43-31(3,4)42-23)25(40-28(36)19-13-9-6-10-14-19)27(39-20)34-16-15-21(33-29(34)37)32-26(35)18-11-7-5-8-12-18/h5-16,20,22-25,27H,17H2,1-4H3,(H,32,33,35,37)/t20?,22-,23+,24?,25?,27-/m1/s1. The number of anilines is 1. The number of ether oxygens (including phenoxy) is 6. The molecule has 3 unspecified atom stereocenters. The van der Waals surface area contributed by atoms with Crippen LogP contribution in [0, 0.1) is 0 Å². The molecule has 0 radical (unpaired) electrons. The van der Waals surface area contributed by atoms with Crippen LogP contribution in [-0.2, 0) is 28.4 Å². The van der Waals surface area contributed by atoms with Gasteiger partial charge in [0.15, 0.2) is 23.9 Å². The molecule has 0 spiro atoms. The average Bonchev–Trinajstić information content (AvgIpc) is 3.26. The van der Waals surface area contributed by atoms with Crippen LogP contribution >= 0.6 is 0 Å². The van der Waals surface area contributed by atoms with Gasteiger partial charge in [-0.05, 0) is 58.0 Å². The summed E-state index contributed by atoms with van der Waals surface area (Å²) < 4.78 is 38.6. The summed E-state index contributed by atoms with van der Waals surface area (Å²) in [4.78, 5) is 43.6. The Labute approximate surface area is 247 Å². The van der Waals surface area contributed by atoms with Gasteiger partial charge in [0.05, 0.1) is 12.2 Å². The number of amides is 1. The third-order valence-electron chi connectivity index (χ3n) is 7.42. The van der Waals surface area contributed by atoms with E-state index < -0.39 is 65.9 Å². The van der Waals surface area contributed by atoms with Gasteiger partial charge in [0.2, 0.25) is 0 Å². The van der Waals surface area contributed by atoms with Crippen molar-refractivity contribution in [1.82, 2.24) is 9.55 Å². The van der Waals surface area contributed by atoms with Crippen LogP contribution in [0.1, 0.15) is 54.6 Å². The summed E-state index contributed by atoms with van der Waals surface area (Å²) in [5.74, 6) is -3.02. The van der Waals surface area contributed by atoms with Crippen molar-refractivity contribution in [3.05, 3.63) is 94.5 Å². The van der Waals surface area contributed by atoms with Gasteiger partial charge < -0.3 is 33.7 Å². The zero-order valence-corrected chi connectivity index (χ0v) is 24.2. The van der Waals surface area contributed by atoms with Crippen LogP contribution in [0.3, 0.4) is 0 Å². The summed E-state index contributed by atoms with van der Waals surface area (Å²) in [5, 5.41) is 2.63. The number of benzene rings is 2. The molecule has 0 saturated carbocycles. The molecule has 1 aromatic heterocycles. The fourth-order valence-electron chi connectivity index (χ4n) is 5.52. The van der Waals surface area contributed by atoms with E-state index in [1.165, 1.54) is 16.8 Å². The number of rotatable bonds is 5. The van der Waals surface area contributed by atoms with Gasteiger partial charge in [-0.1, -0.05) is 36.4 Å². The lowest BCUT2D eigenvalue weighted by Gasteiger charge is -2.42. The lowest BCUT2D eigenvalue weighted by Crippen LogP contribution is -2.55. The van der Waals surface area contributed by atoms with Gasteiger partial charge in [0.1, 0.15) is 30.2 Å². The molecule has 3 aliphatic heterocycles. The third-order valence-corrected chi connectivity index (χ3v) is 7.42. The SMILES string of the molecule is CC1(C)OCC2O[C@@H](n3ccc(NC(=O)c4ccccc4)nc3=O)C(OC(=O)c3ccccc3)C3OC(C)(C)O[C@H]3[C@@H]2O1. The van der Waals surface area contributed by atoms with E-state index in [9.17, 15) is 14.4 Å². The summed E-state index contributed by atoms with van der Waals surface area (Å²) in [6.45, 7) is 7.19. The fourth-order valence-corrected chi connectivity index (χ4v) is 5.52. The minimum atomic E-state index is -1.21. The Morgan fingerprint density at radius 3 is 2.16 bits per heavy atom. The fraction of sp³-hybridized carbons (Fsp3) is 0.419. The second kappa shape index (κ2) is 11.3. The molecule has 12 heteroatoms. The maximum Gasteiger partial charge on any atom is 0.351 e. The predicted octanol–water partition coefficient (Wildman–Crippen LogP) is 3.29. The number of aromatic nitrogens is 2. The molecular weight excluding hydrogens is 558 g/mol. The van der Waals surface area contributed by atoms with Crippen LogP contribution < -0.4 is 11.0 Å². The van der Waals surface area contributed by atoms with Crippen LogP contribution in [0.15, 0.2) is 77.7 Å². The van der Waals surface area contributed by atoms with Crippen molar-refractivity contribution in [1.29, 1.82) is 0 Å². The highest BCUT2D eigenvalue weighted by Gasteiger charge is 2.60. The molecular formula is C31H33N3O9. The van der Waals surface area contributed by atoms with Gasteiger partial charge >= 0.3 is 11.7 Å². The van der Waals surface area contributed by atoms with Crippen molar-refractivity contribution in [2.24, 2.45) is 0 Å². The van der Waals surface area contributed by atoms with Gasteiger partial charge in [-0.25, -0.2) is 9.59 Å². The summed E-state index contributed by atoms with van der Waals surface area (Å²) >= 11 is 0. The number of hydrogen-bond acceptors (Lipinski definition) is 10. The Balaban J connectivity index is 1.38. The number of carbonyl (C=O) groups is 2. The molecule has 1 N–H and O–H groups in total. The maximum absolute atomic E-state index is 13.5. The van der Waals surface area contributed by atoms with E-state index in [1.807, 2.05) is 0 Å². The first-order chi connectivity index (χ1) is 20.5. The van der Waals surface area contributed by atoms with Gasteiger partial charge in [-0.3, -0.25) is 9.36 Å². The molecule has 2 aromatic carbocycles. The Hall–Kier alpha value is -3.94. The maximum atomic E-state index is 13.5. The van der Waals surface area contributed by atoms with Crippen LogP contribution in [0.5, 0.6) is 0 Å². The second-order valence-corrected chi connectivity index (χ2v) is 11.5. The zero-order chi connectivity index (χ0) is 30.4. The lowest BCUT2D eigenvalue weighted by atomic mass is 9.99. The summed E-state index contributed by atoms with van der Waals surface area (Å²) in [6, 6.07) is 18.5. The number of hydrogen-bond donors (Lipinski definition) is 1. The van der Waals surface area contributed by atoms with E-state index in [0.717, 1.165) is 0 Å². The van der Waals surface area contributed by atoms with E-state index in [-0.39, 0.29) is 12.4 Å². The van der Waals surface area contributed by atoms with Gasteiger partial charge in [0, 0.05) is 11.8 Å². The Kier molecular flexibility index (Phi) is 7.65. The number of fused-ring (bicyclic) bond motifs is 3. The normalized spacial score (nSPS) is 29.0. The van der Waals surface area contributed by atoms with E-state index in [4.69, 9.17) is 28.4 Å². The first kappa shape index (κ1) is 29.1. The summed E-state index contributed by atoms with van der Waals surface area (Å²) in [5.41, 5.74) is -0.0302. The number of esters is 1. The molecule has 3 aromatic rings. The first-order valence-electron chi connectivity index (χ1n) is 14.0. The van der Waals surface area contributed by atoms with Crippen molar-refractivity contribution >= 4 is 17.7 Å². The van der Waals surface area contributed by atoms with E-state index in [1.54, 1.807) is 88.4 Å². The molecule has 6 atom stereocenters. The Morgan fingerprint density at radius 1 is 0.860 bits per heavy atom. The first-order valence-corrected chi connectivity index (χ1v) is 14.0. The lowest BCUT2D eigenvalue weighted by molar-refractivity contribution is -0.332. The molecule has 6 rings (SSSR count). The molecule has 4 heterocycles. The van der Waals surface area contributed by atoms with E-state index in [2.05, 4.69) is 10.3 Å². The molecule has 3 aliphatic rings. The number of nitrogens with zero attached hydrogens (tertiary/aromatic N) is 2. The second-order valence-electron chi connectivity index (χ2n) is 11.5. The van der Waals surface area contributed by atoms with E-state index >= 15 is 0 Å². The molecule has 0 bridgehead atoms. The summed E-state index contributed by atoms with van der Waals surface area (Å²) in [7, 11) is 0. The van der Waals surface area contributed by atoms with Crippen LogP contribution in [0.25, 0.3) is 0 Å². The quantitative estimate of drug-likeness (QED) is 0.440.